The van der Waals surface area contributed by atoms with E-state index in [9.17, 15) is 66.2 Å². The third-order valence-corrected chi connectivity index (χ3v) is 17.3. The average Bonchev–Trinajstić information content (AvgIpc) is 4.13. The number of carbonyl (C=O) groups is 2. The van der Waals surface area contributed by atoms with E-state index in [4.69, 9.17) is 0 Å². The smallest absolute Gasteiger partial charge is 0.275 e. The average molecular weight is 991 g/mol. The fourth-order valence-corrected chi connectivity index (χ4v) is 12.4. The molecule has 0 saturated heterocycles. The lowest BCUT2D eigenvalue weighted by Crippen LogP contribution is -2.32. The van der Waals surface area contributed by atoms with Crippen LogP contribution in [0.15, 0.2) is 20.6 Å². The van der Waals surface area contributed by atoms with Crippen molar-refractivity contribution in [3.05, 3.63) is 89.7 Å². The zero-order valence-electron chi connectivity index (χ0n) is 37.5. The van der Waals surface area contributed by atoms with Crippen molar-refractivity contribution >= 4 is 54.5 Å². The molecule has 2 aliphatic rings. The van der Waals surface area contributed by atoms with Crippen LogP contribution in [0.3, 0.4) is 0 Å². The second-order valence-corrected chi connectivity index (χ2v) is 23.6. The predicted molar refractivity (Wildman–Crippen MR) is 239 cm³/mol. The molecule has 16 nitrogen and oxygen atoms in total. The zero-order valence-corrected chi connectivity index (χ0v) is 40.8. The van der Waals surface area contributed by atoms with Crippen LogP contribution >= 0.6 is 22.7 Å². The van der Waals surface area contributed by atoms with Gasteiger partial charge in [0.1, 0.15) is 45.0 Å². The number of aliphatic hydroxyl groups excluding tert-OH is 2. The molecule has 0 radical (unpaired) electrons. The van der Waals surface area contributed by atoms with Crippen LogP contribution < -0.4 is 9.44 Å². The number of halogens is 2. The highest BCUT2D eigenvalue weighted by Gasteiger charge is 2.36. The predicted octanol–water partition coefficient (Wildman–Crippen LogP) is 5.84. The zero-order chi connectivity index (χ0) is 49.4. The molecule has 2 aromatic heterocycles. The number of thiazole rings is 2. The van der Waals surface area contributed by atoms with Crippen LogP contribution in [0.1, 0.15) is 171 Å². The van der Waals surface area contributed by atoms with Gasteiger partial charge in [-0.15, -0.1) is 22.7 Å². The molecule has 22 heteroatoms. The Hall–Kier alpha value is -4.78. The lowest BCUT2D eigenvalue weighted by atomic mass is 9.87. The Bertz CT molecular complexity index is 2670. The number of nitrogens with one attached hydrogen (secondary N) is 2. The van der Waals surface area contributed by atoms with E-state index < -0.39 is 67.9 Å². The number of hydrogen-bond donors (Lipinski definition) is 6. The molecule has 2 heterocycles. The Balaban J connectivity index is 0.000000247. The minimum absolute atomic E-state index is 0.0756. The molecule has 66 heavy (non-hydrogen) atoms. The van der Waals surface area contributed by atoms with Crippen LogP contribution in [0, 0.1) is 34.3 Å². The highest BCUT2D eigenvalue weighted by Crippen LogP contribution is 2.46. The molecule has 2 saturated carbocycles. The summed E-state index contributed by atoms with van der Waals surface area (Å²) in [7, 11) is -8.79. The number of nitriles is 2. The molecular weight excluding hydrogens is 939 g/mol. The van der Waals surface area contributed by atoms with Crippen molar-refractivity contribution in [1.82, 2.24) is 19.4 Å². The summed E-state index contributed by atoms with van der Waals surface area (Å²) in [4.78, 5) is 33.6. The van der Waals surface area contributed by atoms with Crippen LogP contribution in [0.4, 0.5) is 8.78 Å². The third kappa shape index (κ3) is 11.7. The lowest BCUT2D eigenvalue weighted by molar-refractivity contribution is -0.119. The summed E-state index contributed by atoms with van der Waals surface area (Å²) >= 11 is 1.32. The molecule has 0 aliphatic heterocycles. The monoisotopic (exact) mass is 990 g/mol. The molecule has 2 aliphatic carbocycles. The van der Waals surface area contributed by atoms with Crippen molar-refractivity contribution in [2.45, 2.75) is 150 Å². The number of aromatic nitrogens is 2. The van der Waals surface area contributed by atoms with Gasteiger partial charge < -0.3 is 20.4 Å². The summed E-state index contributed by atoms with van der Waals surface area (Å²) in [6.07, 6.45) is 2.63. The standard InChI is InChI=1S/2C22H26FN3O5S2/c2*1-11(2)18-15(14(12-5-6-12)7-13(9-24)19(18)23)8-17(28)26-33(30,31)20-16(10-27)25-21(32-20)22(3,4)29/h2*7,11-12,27,29H,5-6,8,10H2,1-4H3,(H,26,28). The van der Waals surface area contributed by atoms with E-state index in [-0.39, 0.29) is 88.6 Å². The van der Waals surface area contributed by atoms with Crippen molar-refractivity contribution < 1.29 is 55.6 Å². The SMILES string of the molecule is CC(C)c1c(F)c(C#N)cc(C2CC2)c1CC(=O)NS(=O)(=O)c1sc(C(C)(C)O)nc1CO.CC(C)c1c(F)c(C#N)cc(C2CC2)c1CC(=O)NS(=O)(=O)c1sc(C(C)(C)O)nc1CO. The topological polar surface area (TPSA) is 281 Å². The largest absolute Gasteiger partial charge is 0.390 e. The Morgan fingerprint density at radius 2 is 1.03 bits per heavy atom. The fourth-order valence-electron chi connectivity index (χ4n) is 7.36. The van der Waals surface area contributed by atoms with Crippen molar-refractivity contribution in [2.24, 2.45) is 0 Å². The number of nitrogens with zero attached hydrogens (tertiary/aromatic N) is 4. The van der Waals surface area contributed by atoms with Crippen LogP contribution in [-0.4, -0.2) is 59.0 Å². The maximum absolute atomic E-state index is 15.0. The summed E-state index contributed by atoms with van der Waals surface area (Å²) in [5.74, 6) is -3.57. The van der Waals surface area contributed by atoms with Gasteiger partial charge in [-0.3, -0.25) is 9.59 Å². The van der Waals surface area contributed by atoms with E-state index >= 15 is 0 Å². The molecule has 0 unspecified atom stereocenters. The van der Waals surface area contributed by atoms with Crippen LogP contribution in [-0.2, 0) is 66.9 Å². The molecule has 2 fully saturated rings. The number of sulfonamides is 2. The van der Waals surface area contributed by atoms with Gasteiger partial charge in [-0.2, -0.15) is 10.5 Å². The fraction of sp³-hybridized carbons (Fsp3) is 0.500. The van der Waals surface area contributed by atoms with Gasteiger partial charge in [0.05, 0.1) is 48.6 Å². The van der Waals surface area contributed by atoms with E-state index in [1.165, 1.54) is 39.8 Å². The summed E-state index contributed by atoms with van der Waals surface area (Å²) in [5, 5.41) is 58.1. The first kappa shape index (κ1) is 52.2. The minimum atomic E-state index is -4.40. The Morgan fingerprint density at radius 1 is 0.712 bits per heavy atom. The van der Waals surface area contributed by atoms with Gasteiger partial charge in [0.2, 0.25) is 11.8 Å². The number of rotatable bonds is 16. The van der Waals surface area contributed by atoms with Crippen molar-refractivity contribution in [1.29, 1.82) is 10.5 Å². The summed E-state index contributed by atoms with van der Waals surface area (Å²) in [6, 6.07) is 6.63. The van der Waals surface area contributed by atoms with Gasteiger partial charge in [0.25, 0.3) is 20.0 Å². The Morgan fingerprint density at radius 3 is 1.27 bits per heavy atom. The highest BCUT2D eigenvalue weighted by atomic mass is 32.3. The first-order valence-electron chi connectivity index (χ1n) is 20.9. The van der Waals surface area contributed by atoms with Gasteiger partial charge in [-0.1, -0.05) is 27.7 Å². The lowest BCUT2D eigenvalue weighted by Gasteiger charge is -2.19. The van der Waals surface area contributed by atoms with Gasteiger partial charge in [-0.25, -0.2) is 45.0 Å². The molecule has 6 N–H and O–H groups in total. The van der Waals surface area contributed by atoms with Crippen LogP contribution in [0.5, 0.6) is 0 Å². The second kappa shape index (κ2) is 19.8. The molecule has 0 bridgehead atoms. The van der Waals surface area contributed by atoms with E-state index in [1.807, 2.05) is 21.6 Å². The van der Waals surface area contributed by atoms with E-state index in [2.05, 4.69) is 9.97 Å². The molecule has 4 aromatic rings. The molecule has 0 atom stereocenters. The highest BCUT2D eigenvalue weighted by molar-refractivity contribution is 7.92. The molecule has 2 aromatic carbocycles. The maximum atomic E-state index is 15.0. The third-order valence-electron chi connectivity index (χ3n) is 10.7. The first-order valence-corrected chi connectivity index (χ1v) is 25.5. The number of amides is 2. The van der Waals surface area contributed by atoms with Crippen molar-refractivity contribution in [3.8, 4) is 12.1 Å². The van der Waals surface area contributed by atoms with Crippen molar-refractivity contribution in [2.75, 3.05) is 0 Å². The van der Waals surface area contributed by atoms with E-state index in [0.717, 1.165) is 25.7 Å². The molecular formula is C44H52F2N6O10S4. The summed E-state index contributed by atoms with van der Waals surface area (Å²) in [6.45, 7) is 11.3. The normalized spacial score (nSPS) is 14.4. The molecule has 0 spiro atoms. The molecule has 2 amide bonds. The van der Waals surface area contributed by atoms with Gasteiger partial charge in [-0.05, 0) is 123 Å². The first-order chi connectivity index (χ1) is 30.6. The number of aliphatic hydroxyl groups is 4. The number of hydrogen-bond acceptors (Lipinski definition) is 16. The quantitative estimate of drug-likeness (QED) is 0.0769. The Kier molecular flexibility index (Phi) is 15.7. The van der Waals surface area contributed by atoms with Gasteiger partial charge >= 0.3 is 0 Å². The van der Waals surface area contributed by atoms with E-state index in [0.29, 0.717) is 44.9 Å². The van der Waals surface area contributed by atoms with Gasteiger partial charge in [0, 0.05) is 0 Å². The summed E-state index contributed by atoms with van der Waals surface area (Å²) < 4.78 is 84.8. The summed E-state index contributed by atoms with van der Waals surface area (Å²) in [5.41, 5.74) is -0.724. The molecule has 6 rings (SSSR count). The minimum Gasteiger partial charge on any atom is -0.390 e. The Labute approximate surface area is 390 Å². The van der Waals surface area contributed by atoms with E-state index in [1.54, 1.807) is 27.7 Å². The second-order valence-electron chi connectivity index (χ2n) is 17.9. The molecule has 356 valence electrons. The number of carbonyl (C=O) groups excluding carboxylic acids is 2. The van der Waals surface area contributed by atoms with Crippen LogP contribution in [0.2, 0.25) is 0 Å². The van der Waals surface area contributed by atoms with Crippen LogP contribution in [0.25, 0.3) is 0 Å². The van der Waals surface area contributed by atoms with Crippen molar-refractivity contribution in [3.63, 3.8) is 0 Å². The number of benzene rings is 2. The maximum Gasteiger partial charge on any atom is 0.275 e. The van der Waals surface area contributed by atoms with Gasteiger partial charge in [0.15, 0.2) is 8.42 Å².